The fraction of sp³-hybridized carbons (Fsp3) is 0.130. The first-order chi connectivity index (χ1) is 14.4. The summed E-state index contributed by atoms with van der Waals surface area (Å²) in [6.07, 6.45) is 0.0810. The number of hydrogen-bond acceptors (Lipinski definition) is 4. The number of aromatic nitrogens is 1. The summed E-state index contributed by atoms with van der Waals surface area (Å²) in [5.41, 5.74) is 3.03. The number of nitrogens with zero attached hydrogens (tertiary/aromatic N) is 1. The molecule has 1 aromatic heterocycles. The number of carbonyl (C=O) groups is 1. The van der Waals surface area contributed by atoms with Crippen LogP contribution in [0, 0.1) is 0 Å². The third kappa shape index (κ3) is 4.42. The third-order valence-electron chi connectivity index (χ3n) is 4.29. The summed E-state index contributed by atoms with van der Waals surface area (Å²) < 4.78 is 11.4. The van der Waals surface area contributed by atoms with Gasteiger partial charge in [-0.3, -0.25) is 4.79 Å². The van der Waals surface area contributed by atoms with Gasteiger partial charge in [-0.1, -0.05) is 23.2 Å². The van der Waals surface area contributed by atoms with Crippen LogP contribution in [0.5, 0.6) is 5.75 Å². The van der Waals surface area contributed by atoms with Crippen LogP contribution < -0.4 is 10.1 Å². The van der Waals surface area contributed by atoms with Gasteiger partial charge in [0.2, 0.25) is 5.89 Å². The first-order valence-electron chi connectivity index (χ1n) is 9.33. The van der Waals surface area contributed by atoms with Gasteiger partial charge in [-0.25, -0.2) is 4.98 Å². The first kappa shape index (κ1) is 20.3. The van der Waals surface area contributed by atoms with Crippen molar-refractivity contribution in [1.29, 1.82) is 0 Å². The SMILES string of the molecule is CC(C)Oc1ccc(C(=O)Nc2ccc(-c3nc4cc(Cl)cc(Cl)c4o3)cc2)cc1. The molecule has 1 amide bonds. The minimum atomic E-state index is -0.206. The number of rotatable bonds is 5. The van der Waals surface area contributed by atoms with Gasteiger partial charge < -0.3 is 14.5 Å². The molecule has 152 valence electrons. The van der Waals surface area contributed by atoms with E-state index in [9.17, 15) is 4.79 Å². The Morgan fingerprint density at radius 2 is 1.73 bits per heavy atom. The third-order valence-corrected chi connectivity index (χ3v) is 4.79. The first-order valence-corrected chi connectivity index (χ1v) is 10.1. The predicted molar refractivity (Wildman–Crippen MR) is 120 cm³/mol. The minimum Gasteiger partial charge on any atom is -0.491 e. The van der Waals surface area contributed by atoms with E-state index < -0.39 is 0 Å². The number of carbonyl (C=O) groups excluding carboxylic acids is 1. The molecule has 0 saturated heterocycles. The van der Waals surface area contributed by atoms with E-state index in [1.54, 1.807) is 48.5 Å². The molecule has 0 aliphatic heterocycles. The van der Waals surface area contributed by atoms with Crippen molar-refractivity contribution in [3.63, 3.8) is 0 Å². The molecule has 3 aromatic carbocycles. The summed E-state index contributed by atoms with van der Waals surface area (Å²) in [7, 11) is 0. The largest absolute Gasteiger partial charge is 0.491 e. The molecule has 0 aliphatic carbocycles. The van der Waals surface area contributed by atoms with E-state index in [0.29, 0.717) is 38.3 Å². The Labute approximate surface area is 183 Å². The van der Waals surface area contributed by atoms with E-state index in [4.69, 9.17) is 32.4 Å². The fourth-order valence-electron chi connectivity index (χ4n) is 2.94. The second-order valence-electron chi connectivity index (χ2n) is 6.98. The van der Waals surface area contributed by atoms with Crippen LogP contribution in [-0.4, -0.2) is 17.0 Å². The van der Waals surface area contributed by atoms with Crippen LogP contribution in [0.15, 0.2) is 65.1 Å². The van der Waals surface area contributed by atoms with Crippen LogP contribution >= 0.6 is 23.2 Å². The Hall–Kier alpha value is -3.02. The highest BCUT2D eigenvalue weighted by molar-refractivity contribution is 6.38. The van der Waals surface area contributed by atoms with Gasteiger partial charge in [0, 0.05) is 21.8 Å². The van der Waals surface area contributed by atoms with Crippen molar-refractivity contribution in [2.24, 2.45) is 0 Å². The summed E-state index contributed by atoms with van der Waals surface area (Å²) in [4.78, 5) is 16.9. The maximum absolute atomic E-state index is 12.5. The van der Waals surface area contributed by atoms with Crippen molar-refractivity contribution >= 4 is 45.9 Å². The summed E-state index contributed by atoms with van der Waals surface area (Å²) in [5, 5.41) is 3.77. The maximum Gasteiger partial charge on any atom is 0.255 e. The summed E-state index contributed by atoms with van der Waals surface area (Å²) in [6.45, 7) is 3.91. The van der Waals surface area contributed by atoms with Gasteiger partial charge in [0.1, 0.15) is 11.3 Å². The lowest BCUT2D eigenvalue weighted by atomic mass is 10.1. The number of amides is 1. The van der Waals surface area contributed by atoms with Crippen LogP contribution in [-0.2, 0) is 0 Å². The Morgan fingerprint density at radius 3 is 2.40 bits per heavy atom. The van der Waals surface area contributed by atoms with E-state index in [2.05, 4.69) is 10.3 Å². The lowest BCUT2D eigenvalue weighted by Crippen LogP contribution is -2.12. The molecule has 0 atom stereocenters. The second kappa shape index (κ2) is 8.38. The zero-order chi connectivity index (χ0) is 21.3. The van der Waals surface area contributed by atoms with E-state index >= 15 is 0 Å². The highest BCUT2D eigenvalue weighted by Gasteiger charge is 2.13. The molecule has 1 heterocycles. The number of oxazole rings is 1. The van der Waals surface area contributed by atoms with Gasteiger partial charge in [0.05, 0.1) is 11.1 Å². The molecular weight excluding hydrogens is 423 g/mol. The van der Waals surface area contributed by atoms with E-state index in [0.717, 1.165) is 11.3 Å². The van der Waals surface area contributed by atoms with Crippen molar-refractivity contribution in [2.75, 3.05) is 5.32 Å². The molecule has 0 unspecified atom stereocenters. The highest BCUT2D eigenvalue weighted by Crippen LogP contribution is 2.32. The maximum atomic E-state index is 12.5. The zero-order valence-corrected chi connectivity index (χ0v) is 17.8. The molecule has 0 aliphatic rings. The number of halogens is 2. The predicted octanol–water partition coefficient (Wildman–Crippen LogP) is 6.84. The quantitative estimate of drug-likeness (QED) is 0.368. The molecule has 0 radical (unpaired) electrons. The monoisotopic (exact) mass is 440 g/mol. The summed E-state index contributed by atoms with van der Waals surface area (Å²) in [5.74, 6) is 0.945. The topological polar surface area (TPSA) is 64.4 Å². The second-order valence-corrected chi connectivity index (χ2v) is 7.82. The molecule has 30 heavy (non-hydrogen) atoms. The highest BCUT2D eigenvalue weighted by atomic mass is 35.5. The molecule has 5 nitrogen and oxygen atoms in total. The molecule has 0 bridgehead atoms. The molecule has 7 heteroatoms. The normalized spacial score (nSPS) is 11.1. The van der Waals surface area contributed by atoms with Crippen LogP contribution in [0.25, 0.3) is 22.6 Å². The minimum absolute atomic E-state index is 0.0810. The molecule has 0 fully saturated rings. The van der Waals surface area contributed by atoms with Gasteiger partial charge >= 0.3 is 0 Å². The Morgan fingerprint density at radius 1 is 1.03 bits per heavy atom. The number of hydrogen-bond donors (Lipinski definition) is 1. The molecular formula is C23H18Cl2N2O3. The van der Waals surface area contributed by atoms with E-state index in [-0.39, 0.29) is 12.0 Å². The van der Waals surface area contributed by atoms with Crippen molar-refractivity contribution in [3.05, 3.63) is 76.3 Å². The van der Waals surface area contributed by atoms with Crippen molar-refractivity contribution in [2.45, 2.75) is 20.0 Å². The Bertz CT molecular complexity index is 1200. The number of anilines is 1. The average Bonchev–Trinajstić information content (AvgIpc) is 3.13. The molecule has 1 N–H and O–H groups in total. The van der Waals surface area contributed by atoms with Crippen molar-refractivity contribution < 1.29 is 13.9 Å². The van der Waals surface area contributed by atoms with Gasteiger partial charge in [-0.2, -0.15) is 0 Å². The van der Waals surface area contributed by atoms with Crippen molar-refractivity contribution in [3.8, 4) is 17.2 Å². The van der Waals surface area contributed by atoms with Crippen molar-refractivity contribution in [1.82, 2.24) is 4.98 Å². The zero-order valence-electron chi connectivity index (χ0n) is 16.3. The van der Waals surface area contributed by atoms with Crippen LogP contribution in [0.4, 0.5) is 5.69 Å². The number of fused-ring (bicyclic) bond motifs is 1. The lowest BCUT2D eigenvalue weighted by molar-refractivity contribution is 0.102. The van der Waals surface area contributed by atoms with Gasteiger partial charge in [0.15, 0.2) is 5.58 Å². The standard InChI is InChI=1S/C23H18Cl2N2O3/c1-13(2)29-18-9-5-14(6-10-18)22(28)26-17-7-3-15(4-8-17)23-27-20-12-16(24)11-19(25)21(20)30-23/h3-13H,1-2H3,(H,26,28). The summed E-state index contributed by atoms with van der Waals surface area (Å²) >= 11 is 12.2. The number of nitrogens with one attached hydrogen (secondary N) is 1. The van der Waals surface area contributed by atoms with Gasteiger partial charge in [-0.15, -0.1) is 0 Å². The number of benzene rings is 3. The molecule has 0 spiro atoms. The van der Waals surface area contributed by atoms with Crippen LogP contribution in [0.1, 0.15) is 24.2 Å². The van der Waals surface area contributed by atoms with E-state index in [1.807, 2.05) is 26.0 Å². The smallest absolute Gasteiger partial charge is 0.255 e. The number of ether oxygens (including phenoxy) is 1. The molecule has 4 aromatic rings. The van der Waals surface area contributed by atoms with Crippen LogP contribution in [0.2, 0.25) is 10.0 Å². The lowest BCUT2D eigenvalue weighted by Gasteiger charge is -2.10. The molecule has 0 saturated carbocycles. The van der Waals surface area contributed by atoms with Gasteiger partial charge in [0.25, 0.3) is 5.91 Å². The average molecular weight is 441 g/mol. The Balaban J connectivity index is 1.48. The molecule has 4 rings (SSSR count). The summed E-state index contributed by atoms with van der Waals surface area (Å²) in [6, 6.07) is 17.5. The van der Waals surface area contributed by atoms with E-state index in [1.165, 1.54) is 0 Å². The Kier molecular flexibility index (Phi) is 5.66. The van der Waals surface area contributed by atoms with Gasteiger partial charge in [-0.05, 0) is 74.5 Å². The van der Waals surface area contributed by atoms with Crippen LogP contribution in [0.3, 0.4) is 0 Å². The fourth-order valence-corrected chi connectivity index (χ4v) is 3.46.